The van der Waals surface area contributed by atoms with E-state index < -0.39 is 11.3 Å². The first-order valence-corrected chi connectivity index (χ1v) is 18.0. The third-order valence-corrected chi connectivity index (χ3v) is 9.93. The molecule has 2 fully saturated rings. The van der Waals surface area contributed by atoms with Gasteiger partial charge in [0.2, 0.25) is 5.79 Å². The molecule has 1 saturated carbocycles. The second-order valence-corrected chi connectivity index (χ2v) is 13.7. The van der Waals surface area contributed by atoms with Gasteiger partial charge in [-0.2, -0.15) is 0 Å². The Morgan fingerprint density at radius 3 is 2.30 bits per heavy atom. The second kappa shape index (κ2) is 21.0. The molecule has 0 spiro atoms. The predicted octanol–water partition coefficient (Wildman–Crippen LogP) is 11.5. The van der Waals surface area contributed by atoms with Gasteiger partial charge in [0.25, 0.3) is 0 Å². The molecule has 4 rings (SSSR count). The fourth-order valence-electron chi connectivity index (χ4n) is 5.75. The molecule has 0 bridgehead atoms. The van der Waals surface area contributed by atoms with Crippen molar-refractivity contribution in [3.63, 3.8) is 0 Å². The second-order valence-electron chi connectivity index (χ2n) is 13.7. The van der Waals surface area contributed by atoms with Crippen LogP contribution in [0.5, 0.6) is 5.75 Å². The van der Waals surface area contributed by atoms with Gasteiger partial charge in [-0.15, -0.1) is 19.6 Å². The van der Waals surface area contributed by atoms with Crippen LogP contribution < -0.4 is 10.1 Å². The van der Waals surface area contributed by atoms with Crippen molar-refractivity contribution >= 4 is 0 Å². The van der Waals surface area contributed by atoms with Crippen molar-refractivity contribution in [1.82, 2.24) is 10.2 Å². The molecule has 1 N–H and O–H groups in total. The number of hydrogen-bond acceptors (Lipinski definition) is 3. The number of hydrogen-bond donors (Lipinski definition) is 1. The fraction of sp³-hybridized carbons (Fsp3) is 0.581. The maximum Gasteiger partial charge on any atom is 0.228 e. The van der Waals surface area contributed by atoms with E-state index in [1.54, 1.807) is 6.08 Å². The number of terminal acetylenes is 1. The zero-order valence-corrected chi connectivity index (χ0v) is 31.6. The van der Waals surface area contributed by atoms with Crippen LogP contribution in [0.4, 0.5) is 4.39 Å². The predicted molar refractivity (Wildman–Crippen MR) is 204 cm³/mol. The van der Waals surface area contributed by atoms with Gasteiger partial charge in [-0.1, -0.05) is 103 Å². The molecule has 0 radical (unpaired) electrons. The van der Waals surface area contributed by atoms with Crippen LogP contribution >= 0.6 is 0 Å². The van der Waals surface area contributed by atoms with Crippen LogP contribution in [0.3, 0.4) is 0 Å². The lowest BCUT2D eigenvalue weighted by Gasteiger charge is -2.60. The fourth-order valence-corrected chi connectivity index (χ4v) is 5.75. The van der Waals surface area contributed by atoms with E-state index in [-0.39, 0.29) is 0 Å². The standard InChI is InChI=1S/C25H35FN2.C11H16O.C5H12.C2H4/c1-7-10-22(20(5)12-14-21-13-11-19(21)4)17-27-25(26)23(18(3)8-2)28-16-9-15-24(25,28)6;1-3-4-9-12-11-7-5-10(2)6-8-11;1-4-5(2)3;1-2/h1,9-10,12,15,19,21,27H,8,11,13-14,16-17H2,2-6H3;5-8H,3-4,9H2,1-2H3;5H,4H2,1-3H3;1-2H2/b20-12-,22-10-,23-18+;;;. The maximum absolute atomic E-state index is 16.3. The summed E-state index contributed by atoms with van der Waals surface area (Å²) < 4.78 is 21.8. The lowest BCUT2D eigenvalue weighted by atomic mass is 9.73. The van der Waals surface area contributed by atoms with Crippen molar-refractivity contribution in [2.24, 2.45) is 17.8 Å². The molecule has 4 heteroatoms. The first-order chi connectivity index (χ1) is 22.4. The summed E-state index contributed by atoms with van der Waals surface area (Å²) in [5.74, 6) is 4.55. The first kappa shape index (κ1) is 42.0. The SMILES string of the molecule is C#C/C=C(CNC1(F)/C(=C(/C)CC)N2CC=CC21C)\C(C)=C/CC1CCC1C.C=C.CCC(C)C.CCCCOc1ccc(C)cc1. The van der Waals surface area contributed by atoms with E-state index >= 15 is 4.39 Å². The largest absolute Gasteiger partial charge is 0.494 e. The van der Waals surface area contributed by atoms with Gasteiger partial charge in [0.15, 0.2) is 0 Å². The van der Waals surface area contributed by atoms with E-state index in [9.17, 15) is 0 Å². The molecule has 47 heavy (non-hydrogen) atoms. The Balaban J connectivity index is 0.000000479. The summed E-state index contributed by atoms with van der Waals surface area (Å²) >= 11 is 0. The van der Waals surface area contributed by atoms with Gasteiger partial charge in [0.05, 0.1) is 12.3 Å². The number of allylic oxidation sites excluding steroid dienone is 3. The molecule has 3 aliphatic rings. The number of benzene rings is 1. The number of fused-ring (bicyclic) bond motifs is 1. The number of nitrogens with zero attached hydrogens (tertiary/aromatic N) is 1. The molecule has 1 aromatic rings. The van der Waals surface area contributed by atoms with Crippen molar-refractivity contribution in [2.75, 3.05) is 19.7 Å². The smallest absolute Gasteiger partial charge is 0.228 e. The topological polar surface area (TPSA) is 24.5 Å². The minimum absolute atomic E-state index is 0.432. The van der Waals surface area contributed by atoms with Crippen LogP contribution in [0.25, 0.3) is 0 Å². The van der Waals surface area contributed by atoms with Crippen LogP contribution in [-0.2, 0) is 0 Å². The zero-order chi connectivity index (χ0) is 35.6. The Morgan fingerprint density at radius 1 is 1.17 bits per heavy atom. The molecule has 2 heterocycles. The van der Waals surface area contributed by atoms with Crippen LogP contribution in [-0.4, -0.2) is 35.9 Å². The van der Waals surface area contributed by atoms with Gasteiger partial charge >= 0.3 is 0 Å². The molecule has 3 nitrogen and oxygen atoms in total. The number of alkyl halides is 1. The number of aryl methyl sites for hydroxylation is 1. The number of nitrogens with one attached hydrogen (secondary N) is 1. The van der Waals surface area contributed by atoms with Gasteiger partial charge in [0, 0.05) is 13.1 Å². The third kappa shape index (κ3) is 11.6. The zero-order valence-electron chi connectivity index (χ0n) is 31.6. The molecule has 0 aromatic heterocycles. The lowest BCUT2D eigenvalue weighted by molar-refractivity contribution is -0.0903. The summed E-state index contributed by atoms with van der Waals surface area (Å²) in [6.07, 6.45) is 21.9. The van der Waals surface area contributed by atoms with Crippen molar-refractivity contribution in [3.8, 4) is 18.1 Å². The highest BCUT2D eigenvalue weighted by Crippen LogP contribution is 2.54. The summed E-state index contributed by atoms with van der Waals surface area (Å²) in [5.41, 5.74) is 4.72. The Morgan fingerprint density at radius 2 is 1.81 bits per heavy atom. The monoisotopic (exact) mass is 647 g/mol. The molecule has 0 amide bonds. The van der Waals surface area contributed by atoms with Crippen molar-refractivity contribution < 1.29 is 9.13 Å². The van der Waals surface area contributed by atoms with Crippen molar-refractivity contribution in [1.29, 1.82) is 0 Å². The molecular formula is C43H67FN2O. The quantitative estimate of drug-likeness (QED) is 0.0804. The number of unbranched alkanes of at least 4 members (excludes halogenated alkanes) is 1. The molecule has 1 aromatic carbocycles. The molecule has 1 saturated heterocycles. The third-order valence-electron chi connectivity index (χ3n) is 9.93. The molecule has 262 valence electrons. The van der Waals surface area contributed by atoms with Gasteiger partial charge in [-0.25, -0.2) is 4.39 Å². The summed E-state index contributed by atoms with van der Waals surface area (Å²) in [5, 5.41) is 3.24. The van der Waals surface area contributed by atoms with E-state index in [2.05, 4.69) is 109 Å². The average molecular weight is 647 g/mol. The van der Waals surface area contributed by atoms with E-state index in [1.165, 1.54) is 31.2 Å². The van der Waals surface area contributed by atoms with Crippen LogP contribution in [0.1, 0.15) is 113 Å². The Kier molecular flexibility index (Phi) is 18.8. The normalized spacial score (nSPS) is 25.4. The number of halogens is 1. The van der Waals surface area contributed by atoms with Crippen LogP contribution in [0.2, 0.25) is 0 Å². The highest BCUT2D eigenvalue weighted by Gasteiger charge is 2.67. The van der Waals surface area contributed by atoms with E-state index in [1.807, 2.05) is 32.1 Å². The molecular weight excluding hydrogens is 579 g/mol. The van der Waals surface area contributed by atoms with Crippen LogP contribution in [0, 0.1) is 37.0 Å². The molecule has 1 aliphatic carbocycles. The van der Waals surface area contributed by atoms with Gasteiger partial charge < -0.3 is 9.64 Å². The summed E-state index contributed by atoms with van der Waals surface area (Å²) in [4.78, 5) is 2.17. The highest BCUT2D eigenvalue weighted by atomic mass is 19.1. The lowest BCUT2D eigenvalue weighted by Crippen LogP contribution is -2.76. The van der Waals surface area contributed by atoms with Crippen molar-refractivity contribution in [3.05, 3.63) is 89.7 Å². The number of ether oxygens (including phenoxy) is 1. The summed E-state index contributed by atoms with van der Waals surface area (Å²) in [6.45, 7) is 29.4. The molecule has 2 aliphatic heterocycles. The van der Waals surface area contributed by atoms with Gasteiger partial charge in [-0.3, -0.25) is 5.32 Å². The van der Waals surface area contributed by atoms with E-state index in [0.717, 1.165) is 78.3 Å². The van der Waals surface area contributed by atoms with Crippen molar-refractivity contribution in [2.45, 2.75) is 126 Å². The van der Waals surface area contributed by atoms with E-state index in [4.69, 9.17) is 11.2 Å². The summed E-state index contributed by atoms with van der Waals surface area (Å²) in [6, 6.07) is 8.18. The maximum atomic E-state index is 16.3. The molecule has 4 atom stereocenters. The number of rotatable bonds is 12. The van der Waals surface area contributed by atoms with Gasteiger partial charge in [-0.05, 0) is 106 Å². The molecule has 4 unspecified atom stereocenters. The summed E-state index contributed by atoms with van der Waals surface area (Å²) in [7, 11) is 0. The van der Waals surface area contributed by atoms with E-state index in [0.29, 0.717) is 6.54 Å². The first-order valence-electron chi connectivity index (χ1n) is 18.0. The average Bonchev–Trinajstić information content (AvgIpc) is 3.42. The van der Waals surface area contributed by atoms with Crippen LogP contribution in [0.15, 0.2) is 84.1 Å². The van der Waals surface area contributed by atoms with Gasteiger partial charge in [0.1, 0.15) is 11.3 Å². The minimum Gasteiger partial charge on any atom is -0.494 e. The Bertz CT molecular complexity index is 1230. The minimum atomic E-state index is -1.56. The Hall–Kier alpha value is -3.03. The Labute approximate surface area is 289 Å². The highest BCUT2D eigenvalue weighted by molar-refractivity contribution is 5.47.